The SMILES string of the molecule is CCN1CCCC1CNc1nc(NCC2CCCCC2)nc(Nc2ccc(OC3CC3)c(F)c2)n1. The largest absolute Gasteiger partial charge is 0.487 e. The third-order valence-corrected chi connectivity index (χ3v) is 7.32. The summed E-state index contributed by atoms with van der Waals surface area (Å²) in [5.74, 6) is 2.03. The molecule has 1 atom stereocenters. The Morgan fingerprint density at radius 1 is 0.914 bits per heavy atom. The topological polar surface area (TPSA) is 87.2 Å². The molecule has 8 nitrogen and oxygen atoms in total. The minimum absolute atomic E-state index is 0.154. The van der Waals surface area contributed by atoms with Crippen LogP contribution in [-0.4, -0.2) is 58.2 Å². The molecule has 0 bridgehead atoms. The number of benzene rings is 1. The fourth-order valence-electron chi connectivity index (χ4n) is 5.14. The molecule has 2 aliphatic carbocycles. The fourth-order valence-corrected chi connectivity index (χ4v) is 5.14. The molecule has 0 spiro atoms. The van der Waals surface area contributed by atoms with E-state index in [2.05, 4.69) is 42.7 Å². The average Bonchev–Trinajstić information content (AvgIpc) is 3.58. The lowest BCUT2D eigenvalue weighted by Gasteiger charge is -2.23. The number of nitrogens with one attached hydrogen (secondary N) is 3. The van der Waals surface area contributed by atoms with Crippen molar-refractivity contribution in [2.24, 2.45) is 5.92 Å². The molecule has 190 valence electrons. The molecule has 0 amide bonds. The van der Waals surface area contributed by atoms with E-state index in [0.29, 0.717) is 41.2 Å². The van der Waals surface area contributed by atoms with E-state index in [1.54, 1.807) is 12.1 Å². The van der Waals surface area contributed by atoms with E-state index in [-0.39, 0.29) is 11.9 Å². The molecule has 2 heterocycles. The quantitative estimate of drug-likeness (QED) is 0.403. The number of aromatic nitrogens is 3. The summed E-state index contributed by atoms with van der Waals surface area (Å²) in [5, 5.41) is 10.0. The highest BCUT2D eigenvalue weighted by molar-refractivity contribution is 5.57. The molecule has 5 rings (SSSR count). The van der Waals surface area contributed by atoms with Crippen molar-refractivity contribution in [1.82, 2.24) is 19.9 Å². The first-order valence-corrected chi connectivity index (χ1v) is 13.4. The van der Waals surface area contributed by atoms with Crippen LogP contribution in [0.1, 0.15) is 64.7 Å². The first-order valence-electron chi connectivity index (χ1n) is 13.4. The van der Waals surface area contributed by atoms with Crippen LogP contribution in [0.15, 0.2) is 18.2 Å². The highest BCUT2D eigenvalue weighted by atomic mass is 19.1. The van der Waals surface area contributed by atoms with Crippen molar-refractivity contribution in [3.8, 4) is 5.75 Å². The van der Waals surface area contributed by atoms with Gasteiger partial charge in [-0.15, -0.1) is 0 Å². The molecule has 1 aromatic heterocycles. The van der Waals surface area contributed by atoms with Gasteiger partial charge in [-0.05, 0) is 69.7 Å². The highest BCUT2D eigenvalue weighted by Gasteiger charge is 2.25. The van der Waals surface area contributed by atoms with Crippen LogP contribution in [-0.2, 0) is 0 Å². The van der Waals surface area contributed by atoms with Crippen LogP contribution in [0.4, 0.5) is 27.9 Å². The molecule has 3 N–H and O–H groups in total. The Bertz CT molecular complexity index is 980. The van der Waals surface area contributed by atoms with Crippen molar-refractivity contribution in [1.29, 1.82) is 0 Å². The number of nitrogens with zero attached hydrogens (tertiary/aromatic N) is 4. The lowest BCUT2D eigenvalue weighted by molar-refractivity contribution is 0.277. The standard InChI is InChI=1S/C26H38FN7O/c1-2-34-14-6-9-20(34)17-29-25-31-24(28-16-18-7-4-3-5-8-18)32-26(33-25)30-19-10-13-23(22(27)15-19)35-21-11-12-21/h10,13,15,18,20-21H,2-9,11-12,14,16-17H2,1H3,(H3,28,29,30,31,32,33). The van der Waals surface area contributed by atoms with Crippen LogP contribution in [0, 0.1) is 11.7 Å². The van der Waals surface area contributed by atoms with Gasteiger partial charge in [0.25, 0.3) is 0 Å². The van der Waals surface area contributed by atoms with E-state index < -0.39 is 0 Å². The van der Waals surface area contributed by atoms with Crippen LogP contribution in [0.25, 0.3) is 0 Å². The average molecular weight is 484 g/mol. The Labute approximate surface area is 207 Å². The number of hydrogen-bond acceptors (Lipinski definition) is 8. The van der Waals surface area contributed by atoms with Gasteiger partial charge in [0.1, 0.15) is 0 Å². The van der Waals surface area contributed by atoms with E-state index in [1.807, 2.05) is 0 Å². The Balaban J connectivity index is 1.28. The zero-order chi connectivity index (χ0) is 24.0. The molecule has 35 heavy (non-hydrogen) atoms. The number of halogens is 1. The normalized spacial score (nSPS) is 21.1. The molecule has 3 aliphatic rings. The Morgan fingerprint density at radius 3 is 2.37 bits per heavy atom. The van der Waals surface area contributed by atoms with Crippen molar-refractivity contribution >= 4 is 23.5 Å². The maximum absolute atomic E-state index is 14.5. The van der Waals surface area contributed by atoms with Gasteiger partial charge in [0.05, 0.1) is 6.10 Å². The predicted molar refractivity (Wildman–Crippen MR) is 137 cm³/mol. The first-order chi connectivity index (χ1) is 17.2. The molecule has 0 radical (unpaired) electrons. The van der Waals surface area contributed by atoms with Crippen LogP contribution in [0.5, 0.6) is 5.75 Å². The second-order valence-electron chi connectivity index (χ2n) is 10.1. The lowest BCUT2D eigenvalue weighted by Crippen LogP contribution is -2.35. The number of likely N-dealkylation sites (N-methyl/N-ethyl adjacent to an activating group) is 1. The molecule has 2 saturated carbocycles. The Morgan fingerprint density at radius 2 is 1.66 bits per heavy atom. The number of likely N-dealkylation sites (tertiary alicyclic amines) is 1. The third kappa shape index (κ3) is 6.72. The summed E-state index contributed by atoms with van der Waals surface area (Å²) >= 11 is 0. The highest BCUT2D eigenvalue weighted by Crippen LogP contribution is 2.30. The minimum Gasteiger partial charge on any atom is -0.487 e. The molecule has 2 aromatic rings. The summed E-state index contributed by atoms with van der Waals surface area (Å²) in [6.45, 7) is 6.05. The zero-order valence-corrected chi connectivity index (χ0v) is 20.7. The zero-order valence-electron chi connectivity index (χ0n) is 20.7. The van der Waals surface area contributed by atoms with E-state index >= 15 is 0 Å². The van der Waals surface area contributed by atoms with Crippen molar-refractivity contribution in [3.63, 3.8) is 0 Å². The van der Waals surface area contributed by atoms with Crippen molar-refractivity contribution < 1.29 is 9.13 Å². The molecule has 1 saturated heterocycles. The molecule has 1 aliphatic heterocycles. The summed E-state index contributed by atoms with van der Waals surface area (Å²) < 4.78 is 20.2. The van der Waals surface area contributed by atoms with Crippen LogP contribution in [0.3, 0.4) is 0 Å². The van der Waals surface area contributed by atoms with Crippen molar-refractivity contribution in [2.45, 2.75) is 76.9 Å². The van der Waals surface area contributed by atoms with Crippen molar-refractivity contribution in [2.75, 3.05) is 42.1 Å². The molecular weight excluding hydrogens is 445 g/mol. The number of anilines is 4. The smallest absolute Gasteiger partial charge is 0.233 e. The van der Waals surface area contributed by atoms with Crippen LogP contribution >= 0.6 is 0 Å². The number of ether oxygens (including phenoxy) is 1. The Kier molecular flexibility index (Phi) is 7.81. The van der Waals surface area contributed by atoms with E-state index in [1.165, 1.54) is 51.0 Å². The summed E-state index contributed by atoms with van der Waals surface area (Å²) in [7, 11) is 0. The van der Waals surface area contributed by atoms with E-state index in [0.717, 1.165) is 39.0 Å². The van der Waals surface area contributed by atoms with Gasteiger partial charge in [0.2, 0.25) is 17.8 Å². The molecule has 3 fully saturated rings. The second-order valence-corrected chi connectivity index (χ2v) is 10.1. The molecule has 9 heteroatoms. The summed E-state index contributed by atoms with van der Waals surface area (Å²) in [5.41, 5.74) is 0.578. The molecule has 1 unspecified atom stereocenters. The van der Waals surface area contributed by atoms with Gasteiger partial charge in [0.15, 0.2) is 11.6 Å². The maximum Gasteiger partial charge on any atom is 0.233 e. The van der Waals surface area contributed by atoms with Crippen LogP contribution < -0.4 is 20.7 Å². The van der Waals surface area contributed by atoms with Gasteiger partial charge >= 0.3 is 0 Å². The number of hydrogen-bond donors (Lipinski definition) is 3. The van der Waals surface area contributed by atoms with Gasteiger partial charge in [-0.3, -0.25) is 4.90 Å². The monoisotopic (exact) mass is 483 g/mol. The second kappa shape index (κ2) is 11.4. The molecular formula is C26H38FN7O. The van der Waals surface area contributed by atoms with Crippen LogP contribution in [0.2, 0.25) is 0 Å². The summed E-state index contributed by atoms with van der Waals surface area (Å²) in [4.78, 5) is 16.3. The van der Waals surface area contributed by atoms with E-state index in [9.17, 15) is 4.39 Å². The molecule has 1 aromatic carbocycles. The summed E-state index contributed by atoms with van der Waals surface area (Å²) in [6.07, 6.45) is 11.0. The first kappa shape index (κ1) is 24.0. The fraction of sp³-hybridized carbons (Fsp3) is 0.654. The number of rotatable bonds is 11. The van der Waals surface area contributed by atoms with Gasteiger partial charge in [-0.1, -0.05) is 26.2 Å². The van der Waals surface area contributed by atoms with Crippen molar-refractivity contribution in [3.05, 3.63) is 24.0 Å². The lowest BCUT2D eigenvalue weighted by atomic mass is 9.89. The Hall–Kier alpha value is -2.68. The van der Waals surface area contributed by atoms with Gasteiger partial charge in [-0.2, -0.15) is 15.0 Å². The van der Waals surface area contributed by atoms with Gasteiger partial charge < -0.3 is 20.7 Å². The predicted octanol–water partition coefficient (Wildman–Crippen LogP) is 5.18. The van der Waals surface area contributed by atoms with Gasteiger partial charge in [0, 0.05) is 30.9 Å². The maximum atomic E-state index is 14.5. The third-order valence-electron chi connectivity index (χ3n) is 7.32. The van der Waals surface area contributed by atoms with E-state index in [4.69, 9.17) is 4.74 Å². The minimum atomic E-state index is -0.383. The summed E-state index contributed by atoms with van der Waals surface area (Å²) in [6, 6.07) is 5.38. The van der Waals surface area contributed by atoms with Gasteiger partial charge in [-0.25, -0.2) is 4.39 Å².